The van der Waals surface area contributed by atoms with Gasteiger partial charge in [-0.3, -0.25) is 0 Å². The number of nitriles is 1. The van der Waals surface area contributed by atoms with Crippen LogP contribution in [0.4, 0.5) is 9.80 Å². The van der Waals surface area contributed by atoms with Gasteiger partial charge in [0.25, 0.3) is 0 Å². The van der Waals surface area contributed by atoms with Crippen molar-refractivity contribution in [2.24, 2.45) is 0 Å². The van der Waals surface area contributed by atoms with Gasteiger partial charge in [-0.2, -0.15) is 5.26 Å². The Morgan fingerprint density at radius 2 is 2.20 bits per heavy atom. The van der Waals surface area contributed by atoms with Gasteiger partial charge in [-0.1, -0.05) is 0 Å². The van der Waals surface area contributed by atoms with E-state index in [1.54, 1.807) is 4.90 Å². The fourth-order valence-corrected chi connectivity index (χ4v) is 3.31. The summed E-state index contributed by atoms with van der Waals surface area (Å²) < 4.78 is 5.41. The molecule has 0 saturated carbocycles. The highest BCUT2D eigenvalue weighted by Crippen LogP contribution is 2.34. The molecule has 1 aliphatic rings. The minimum absolute atomic E-state index is 0.309. The molecule has 0 unspecified atom stereocenters. The van der Waals surface area contributed by atoms with Crippen LogP contribution >= 0.6 is 11.3 Å². The molecule has 2 heterocycles. The molecular weight excluding hydrogens is 274 g/mol. The molecular formula is C14H19N3O2S. The van der Waals surface area contributed by atoms with Crippen LogP contribution in [0.2, 0.25) is 0 Å². The van der Waals surface area contributed by atoms with Gasteiger partial charge < -0.3 is 15.4 Å². The molecule has 0 saturated heterocycles. The van der Waals surface area contributed by atoms with E-state index in [0.717, 1.165) is 23.3 Å². The summed E-state index contributed by atoms with van der Waals surface area (Å²) in [6, 6.07) is 2.16. The van der Waals surface area contributed by atoms with Crippen molar-refractivity contribution >= 4 is 22.4 Å². The molecule has 0 bridgehead atoms. The Bertz CT molecular complexity index is 566. The Hall–Kier alpha value is -1.74. The van der Waals surface area contributed by atoms with E-state index in [1.807, 2.05) is 20.8 Å². The number of carbonyl (C=O) groups is 1. The first-order valence-electron chi connectivity index (χ1n) is 6.60. The van der Waals surface area contributed by atoms with E-state index in [4.69, 9.17) is 15.7 Å². The van der Waals surface area contributed by atoms with E-state index in [-0.39, 0.29) is 6.09 Å². The third-order valence-corrected chi connectivity index (χ3v) is 4.12. The van der Waals surface area contributed by atoms with Crippen molar-refractivity contribution in [1.82, 2.24) is 4.90 Å². The standard InChI is InChI=1S/C14H19N3O2S/c1-14(2,3)19-13(18)17-6-4-5-9-10(7-15)12(16)20-11(9)8-17/h4-6,8,16H2,1-3H3. The Balaban J connectivity index is 2.21. The molecule has 1 aliphatic heterocycles. The average molecular weight is 293 g/mol. The van der Waals surface area contributed by atoms with Gasteiger partial charge in [0.15, 0.2) is 0 Å². The van der Waals surface area contributed by atoms with Crippen LogP contribution in [0.1, 0.15) is 43.2 Å². The fourth-order valence-electron chi connectivity index (χ4n) is 2.23. The van der Waals surface area contributed by atoms with Gasteiger partial charge in [0.1, 0.15) is 16.7 Å². The molecule has 0 aliphatic carbocycles. The van der Waals surface area contributed by atoms with E-state index in [2.05, 4.69) is 6.07 Å². The first kappa shape index (κ1) is 14.7. The van der Waals surface area contributed by atoms with E-state index in [0.29, 0.717) is 23.7 Å². The van der Waals surface area contributed by atoms with Crippen LogP contribution in [0, 0.1) is 11.3 Å². The zero-order valence-corrected chi connectivity index (χ0v) is 12.8. The molecule has 20 heavy (non-hydrogen) atoms. The summed E-state index contributed by atoms with van der Waals surface area (Å²) in [5, 5.41) is 9.70. The number of thiophene rings is 1. The number of carbonyl (C=O) groups excluding carboxylic acids is 1. The molecule has 2 rings (SSSR count). The number of hydrogen-bond acceptors (Lipinski definition) is 5. The maximum atomic E-state index is 12.1. The number of anilines is 1. The van der Waals surface area contributed by atoms with Crippen molar-refractivity contribution in [3.8, 4) is 6.07 Å². The van der Waals surface area contributed by atoms with Crippen LogP contribution < -0.4 is 5.73 Å². The number of fused-ring (bicyclic) bond motifs is 1. The number of rotatable bonds is 0. The summed E-state index contributed by atoms with van der Waals surface area (Å²) in [7, 11) is 0. The molecule has 6 heteroatoms. The topological polar surface area (TPSA) is 79.3 Å². The van der Waals surface area contributed by atoms with Crippen molar-refractivity contribution in [2.45, 2.75) is 45.8 Å². The summed E-state index contributed by atoms with van der Waals surface area (Å²) in [5.74, 6) is 0. The lowest BCUT2D eigenvalue weighted by molar-refractivity contribution is 0.0238. The molecule has 1 aromatic rings. The zero-order valence-electron chi connectivity index (χ0n) is 12.0. The predicted octanol–water partition coefficient (Wildman–Crippen LogP) is 2.89. The maximum Gasteiger partial charge on any atom is 0.410 e. The van der Waals surface area contributed by atoms with Crippen molar-refractivity contribution in [3.63, 3.8) is 0 Å². The van der Waals surface area contributed by atoms with Gasteiger partial charge >= 0.3 is 6.09 Å². The number of hydrogen-bond donors (Lipinski definition) is 1. The van der Waals surface area contributed by atoms with Crippen LogP contribution in [0.3, 0.4) is 0 Å². The minimum atomic E-state index is -0.501. The lowest BCUT2D eigenvalue weighted by Crippen LogP contribution is -2.36. The van der Waals surface area contributed by atoms with E-state index in [1.165, 1.54) is 11.3 Å². The maximum absolute atomic E-state index is 12.1. The Morgan fingerprint density at radius 3 is 2.80 bits per heavy atom. The quantitative estimate of drug-likeness (QED) is 0.797. The van der Waals surface area contributed by atoms with E-state index in [9.17, 15) is 4.79 Å². The molecule has 1 aromatic heterocycles. The van der Waals surface area contributed by atoms with Crippen LogP contribution in [-0.2, 0) is 17.7 Å². The summed E-state index contributed by atoms with van der Waals surface area (Å²) >= 11 is 1.40. The van der Waals surface area contributed by atoms with Gasteiger partial charge in [0.05, 0.1) is 12.1 Å². The SMILES string of the molecule is CC(C)(C)OC(=O)N1CCCc2c(sc(N)c2C#N)C1. The highest BCUT2D eigenvalue weighted by molar-refractivity contribution is 7.16. The summed E-state index contributed by atoms with van der Waals surface area (Å²) in [4.78, 5) is 14.8. The first-order valence-corrected chi connectivity index (χ1v) is 7.41. The zero-order chi connectivity index (χ0) is 14.9. The summed E-state index contributed by atoms with van der Waals surface area (Å²) in [5.41, 5.74) is 6.95. The third kappa shape index (κ3) is 3.05. The fraction of sp³-hybridized carbons (Fsp3) is 0.571. The number of amides is 1. The van der Waals surface area contributed by atoms with Gasteiger partial charge in [-0.25, -0.2) is 4.79 Å². The second-order valence-corrected chi connectivity index (χ2v) is 7.00. The normalized spacial score (nSPS) is 15.2. The second-order valence-electron chi connectivity index (χ2n) is 5.86. The largest absolute Gasteiger partial charge is 0.444 e. The van der Waals surface area contributed by atoms with Gasteiger partial charge in [-0.15, -0.1) is 11.3 Å². The van der Waals surface area contributed by atoms with Crippen molar-refractivity contribution in [2.75, 3.05) is 12.3 Å². The van der Waals surface area contributed by atoms with E-state index < -0.39 is 5.60 Å². The van der Waals surface area contributed by atoms with Crippen LogP contribution in [0.25, 0.3) is 0 Å². The number of nitrogens with zero attached hydrogens (tertiary/aromatic N) is 2. The molecule has 1 amide bonds. The lowest BCUT2D eigenvalue weighted by Gasteiger charge is -2.26. The Kier molecular flexibility index (Phi) is 3.91. The third-order valence-electron chi connectivity index (χ3n) is 3.07. The van der Waals surface area contributed by atoms with Crippen LogP contribution in [0.15, 0.2) is 0 Å². The van der Waals surface area contributed by atoms with Crippen molar-refractivity contribution in [3.05, 3.63) is 16.0 Å². The Labute approximate surface area is 122 Å². The lowest BCUT2D eigenvalue weighted by atomic mass is 10.1. The number of nitrogens with two attached hydrogens (primary N) is 1. The predicted molar refractivity (Wildman–Crippen MR) is 78.4 cm³/mol. The van der Waals surface area contributed by atoms with Gasteiger partial charge in [0.2, 0.25) is 0 Å². The molecule has 0 radical (unpaired) electrons. The van der Waals surface area contributed by atoms with Gasteiger partial charge in [-0.05, 0) is 39.2 Å². The molecule has 0 atom stereocenters. The molecule has 2 N–H and O–H groups in total. The summed E-state index contributed by atoms with van der Waals surface area (Å²) in [6.07, 6.45) is 1.29. The highest BCUT2D eigenvalue weighted by Gasteiger charge is 2.27. The van der Waals surface area contributed by atoms with Crippen LogP contribution in [-0.4, -0.2) is 23.1 Å². The monoisotopic (exact) mass is 293 g/mol. The summed E-state index contributed by atoms with van der Waals surface area (Å²) in [6.45, 7) is 6.67. The Morgan fingerprint density at radius 1 is 1.50 bits per heavy atom. The van der Waals surface area contributed by atoms with Crippen molar-refractivity contribution in [1.29, 1.82) is 5.26 Å². The van der Waals surface area contributed by atoms with E-state index >= 15 is 0 Å². The average Bonchev–Trinajstić information content (AvgIpc) is 2.49. The molecule has 108 valence electrons. The first-order chi connectivity index (χ1) is 9.31. The van der Waals surface area contributed by atoms with Crippen LogP contribution in [0.5, 0.6) is 0 Å². The highest BCUT2D eigenvalue weighted by atomic mass is 32.1. The minimum Gasteiger partial charge on any atom is -0.444 e. The smallest absolute Gasteiger partial charge is 0.410 e. The second kappa shape index (κ2) is 5.33. The molecule has 5 nitrogen and oxygen atoms in total. The number of nitrogen functional groups attached to an aromatic ring is 1. The van der Waals surface area contributed by atoms with Crippen molar-refractivity contribution < 1.29 is 9.53 Å². The van der Waals surface area contributed by atoms with Gasteiger partial charge in [0, 0.05) is 11.4 Å². The number of ether oxygens (including phenoxy) is 1. The molecule has 0 fully saturated rings. The molecule has 0 spiro atoms. The molecule has 0 aromatic carbocycles.